The second kappa shape index (κ2) is 7.04. The third-order valence-electron chi connectivity index (χ3n) is 5.63. The fourth-order valence-electron chi connectivity index (χ4n) is 4.61. The van der Waals surface area contributed by atoms with Crippen molar-refractivity contribution in [1.82, 2.24) is 5.32 Å². The van der Waals surface area contributed by atoms with Crippen LogP contribution in [0.1, 0.15) is 37.7 Å². The van der Waals surface area contributed by atoms with Crippen molar-refractivity contribution < 1.29 is 4.79 Å². The Bertz CT molecular complexity index is 543. The molecule has 4 rings (SSSR count). The van der Waals surface area contributed by atoms with Gasteiger partial charge in [-0.1, -0.05) is 24.6 Å². The van der Waals surface area contributed by atoms with Gasteiger partial charge in [0.15, 0.2) is 0 Å². The Morgan fingerprint density at radius 1 is 1.17 bits per heavy atom. The normalized spacial score (nSPS) is 35.1. The first-order valence-corrected chi connectivity index (χ1v) is 9.39. The molecule has 126 valence electrons. The minimum atomic E-state index is 0. The first-order valence-electron chi connectivity index (χ1n) is 8.51. The largest absolute Gasteiger partial charge is 0.352 e. The van der Waals surface area contributed by atoms with Crippen molar-refractivity contribution in [2.45, 2.75) is 60.8 Å². The molecule has 2 aliphatic carbocycles. The number of halogens is 1. The van der Waals surface area contributed by atoms with Crippen molar-refractivity contribution >= 4 is 30.1 Å². The van der Waals surface area contributed by atoms with Gasteiger partial charge in [-0.15, -0.1) is 24.2 Å². The lowest BCUT2D eigenvalue weighted by Crippen LogP contribution is -2.55. The molecule has 0 spiro atoms. The SMILES string of the molecule is Cl.NC1CC2CCCC(C1)C2NC(=O)C1Cc2ccccc2S1. The van der Waals surface area contributed by atoms with E-state index in [0.717, 1.165) is 19.3 Å². The van der Waals surface area contributed by atoms with Crippen molar-refractivity contribution in [2.24, 2.45) is 17.6 Å². The van der Waals surface area contributed by atoms with Crippen molar-refractivity contribution in [2.75, 3.05) is 0 Å². The van der Waals surface area contributed by atoms with Crippen molar-refractivity contribution in [3.63, 3.8) is 0 Å². The van der Waals surface area contributed by atoms with Gasteiger partial charge in [0, 0.05) is 17.0 Å². The molecule has 1 aromatic rings. The standard InChI is InChI=1S/C18H24N2OS.ClH/c19-14-8-12-5-3-6-13(9-14)17(12)20-18(21)16-10-11-4-1-2-7-15(11)22-16;/h1-2,4,7,12-14,16-17H,3,5-6,8-10,19H2,(H,20,21);1H. The fraction of sp³-hybridized carbons (Fsp3) is 0.611. The molecule has 0 saturated heterocycles. The highest BCUT2D eigenvalue weighted by Crippen LogP contribution is 2.41. The lowest BCUT2D eigenvalue weighted by Gasteiger charge is -2.45. The second-order valence-corrected chi connectivity index (χ2v) is 8.38. The summed E-state index contributed by atoms with van der Waals surface area (Å²) in [5.41, 5.74) is 7.50. The smallest absolute Gasteiger partial charge is 0.234 e. The third-order valence-corrected chi connectivity index (χ3v) is 6.94. The Morgan fingerprint density at radius 2 is 1.87 bits per heavy atom. The average molecular weight is 353 g/mol. The Balaban J connectivity index is 0.00000156. The number of hydrogen-bond acceptors (Lipinski definition) is 3. The summed E-state index contributed by atoms with van der Waals surface area (Å²) in [7, 11) is 0. The van der Waals surface area contributed by atoms with Gasteiger partial charge in [0.1, 0.15) is 0 Å². The van der Waals surface area contributed by atoms with Crippen LogP contribution in [0.25, 0.3) is 0 Å². The summed E-state index contributed by atoms with van der Waals surface area (Å²) in [4.78, 5) is 14.0. The van der Waals surface area contributed by atoms with E-state index in [0.29, 0.717) is 23.9 Å². The van der Waals surface area contributed by atoms with Gasteiger partial charge in [0.05, 0.1) is 5.25 Å². The summed E-state index contributed by atoms with van der Waals surface area (Å²) in [6.45, 7) is 0. The molecule has 0 aromatic heterocycles. The summed E-state index contributed by atoms with van der Waals surface area (Å²) < 4.78 is 0. The molecule has 5 heteroatoms. The zero-order chi connectivity index (χ0) is 15.1. The van der Waals surface area contributed by atoms with E-state index in [-0.39, 0.29) is 23.6 Å². The molecule has 3 atom stereocenters. The molecule has 1 amide bonds. The number of thioether (sulfide) groups is 1. The second-order valence-electron chi connectivity index (χ2n) is 7.14. The topological polar surface area (TPSA) is 55.1 Å². The van der Waals surface area contributed by atoms with E-state index in [1.54, 1.807) is 11.8 Å². The third kappa shape index (κ3) is 3.40. The van der Waals surface area contributed by atoms with Crippen molar-refractivity contribution in [1.29, 1.82) is 0 Å². The molecule has 2 bridgehead atoms. The number of nitrogens with two attached hydrogens (primary N) is 1. The quantitative estimate of drug-likeness (QED) is 0.859. The Kier molecular flexibility index (Phi) is 5.24. The van der Waals surface area contributed by atoms with E-state index in [4.69, 9.17) is 5.73 Å². The van der Waals surface area contributed by atoms with Crippen LogP contribution in [0.3, 0.4) is 0 Å². The molecule has 2 fully saturated rings. The number of benzene rings is 1. The van der Waals surface area contributed by atoms with Crippen LogP contribution in [0.2, 0.25) is 0 Å². The highest BCUT2D eigenvalue weighted by Gasteiger charge is 2.41. The summed E-state index contributed by atoms with van der Waals surface area (Å²) in [6, 6.07) is 9.09. The highest BCUT2D eigenvalue weighted by atomic mass is 35.5. The maximum Gasteiger partial charge on any atom is 0.234 e. The molecule has 1 heterocycles. The lowest BCUT2D eigenvalue weighted by atomic mass is 9.67. The molecule has 0 radical (unpaired) electrons. The maximum absolute atomic E-state index is 12.7. The minimum Gasteiger partial charge on any atom is -0.352 e. The molecule has 2 saturated carbocycles. The van der Waals surface area contributed by atoms with Gasteiger partial charge in [0.25, 0.3) is 0 Å². The number of carbonyl (C=O) groups is 1. The first-order chi connectivity index (χ1) is 10.7. The molecular formula is C18H25ClN2OS. The average Bonchev–Trinajstić information content (AvgIpc) is 2.92. The van der Waals surface area contributed by atoms with Gasteiger partial charge in [-0.3, -0.25) is 4.79 Å². The number of hydrogen-bond donors (Lipinski definition) is 2. The van der Waals surface area contributed by atoms with Crippen LogP contribution >= 0.6 is 24.2 Å². The number of nitrogens with one attached hydrogen (secondary N) is 1. The summed E-state index contributed by atoms with van der Waals surface area (Å²) in [5.74, 6) is 1.43. The van der Waals surface area contributed by atoms with Crippen LogP contribution in [0.4, 0.5) is 0 Å². The van der Waals surface area contributed by atoms with Crippen LogP contribution in [0.15, 0.2) is 29.2 Å². The highest BCUT2D eigenvalue weighted by molar-refractivity contribution is 8.01. The monoisotopic (exact) mass is 352 g/mol. The van der Waals surface area contributed by atoms with Crippen LogP contribution in [0, 0.1) is 11.8 Å². The van der Waals surface area contributed by atoms with Gasteiger partial charge < -0.3 is 11.1 Å². The Hall–Kier alpha value is -0.710. The Labute approximate surface area is 148 Å². The van der Waals surface area contributed by atoms with Crippen LogP contribution in [-0.4, -0.2) is 23.2 Å². The number of fused-ring (bicyclic) bond motifs is 3. The molecule has 23 heavy (non-hydrogen) atoms. The van der Waals surface area contributed by atoms with E-state index >= 15 is 0 Å². The molecule has 3 aliphatic rings. The summed E-state index contributed by atoms with van der Waals surface area (Å²) in [5, 5.41) is 3.45. The molecule has 3 nitrogen and oxygen atoms in total. The summed E-state index contributed by atoms with van der Waals surface area (Å²) >= 11 is 1.72. The molecule has 3 N–H and O–H groups in total. The van der Waals surface area contributed by atoms with E-state index in [1.807, 2.05) is 0 Å². The molecule has 1 aliphatic heterocycles. The van der Waals surface area contributed by atoms with Crippen LogP contribution in [0.5, 0.6) is 0 Å². The van der Waals surface area contributed by atoms with Crippen molar-refractivity contribution in [3.05, 3.63) is 29.8 Å². The zero-order valence-electron chi connectivity index (χ0n) is 13.2. The van der Waals surface area contributed by atoms with Crippen LogP contribution in [-0.2, 0) is 11.2 Å². The van der Waals surface area contributed by atoms with E-state index < -0.39 is 0 Å². The van der Waals surface area contributed by atoms with Gasteiger partial charge in [-0.05, 0) is 55.6 Å². The maximum atomic E-state index is 12.7. The van der Waals surface area contributed by atoms with Gasteiger partial charge in [-0.2, -0.15) is 0 Å². The van der Waals surface area contributed by atoms with Crippen molar-refractivity contribution in [3.8, 4) is 0 Å². The Morgan fingerprint density at radius 3 is 2.57 bits per heavy atom. The fourth-order valence-corrected chi connectivity index (χ4v) is 5.81. The number of carbonyl (C=O) groups excluding carboxylic acids is 1. The zero-order valence-corrected chi connectivity index (χ0v) is 14.9. The minimum absolute atomic E-state index is 0. The molecule has 3 unspecified atom stereocenters. The molecular weight excluding hydrogens is 328 g/mol. The predicted molar refractivity (Wildman–Crippen MR) is 97.0 cm³/mol. The van der Waals surface area contributed by atoms with E-state index in [1.165, 1.54) is 29.7 Å². The molecule has 1 aromatic carbocycles. The number of rotatable bonds is 2. The van der Waals surface area contributed by atoms with Gasteiger partial charge in [-0.25, -0.2) is 0 Å². The van der Waals surface area contributed by atoms with Gasteiger partial charge in [0.2, 0.25) is 5.91 Å². The van der Waals surface area contributed by atoms with Gasteiger partial charge >= 0.3 is 0 Å². The first kappa shape index (κ1) is 17.1. The van der Waals surface area contributed by atoms with E-state index in [9.17, 15) is 4.79 Å². The van der Waals surface area contributed by atoms with Crippen LogP contribution < -0.4 is 11.1 Å². The predicted octanol–water partition coefficient (Wildman–Crippen LogP) is 3.15. The number of amides is 1. The lowest BCUT2D eigenvalue weighted by molar-refractivity contribution is -0.122. The van der Waals surface area contributed by atoms with E-state index in [2.05, 4.69) is 29.6 Å². The summed E-state index contributed by atoms with van der Waals surface area (Å²) in [6.07, 6.45) is 6.80.